The molecule has 27 heavy (non-hydrogen) atoms. The fourth-order valence-corrected chi connectivity index (χ4v) is 3.13. The molecule has 0 aliphatic rings. The Labute approximate surface area is 172 Å². The fraction of sp³-hybridized carbons (Fsp3) is 0.905. The Morgan fingerprint density at radius 3 is 1.70 bits per heavy atom. The molecule has 5 nitrogen and oxygen atoms in total. The van der Waals surface area contributed by atoms with E-state index in [2.05, 4.69) is 6.92 Å². The number of hydrogen-bond acceptors (Lipinski definition) is 3. The zero-order valence-corrected chi connectivity index (χ0v) is 18.8. The topological polar surface area (TPSA) is 63.6 Å². The highest BCUT2D eigenvalue weighted by Gasteiger charge is 2.24. The molecule has 0 aromatic heterocycles. The average Bonchev–Trinajstić information content (AvgIpc) is 2.50. The molecular formula is C21H43ClNO4+. The van der Waals surface area contributed by atoms with Crippen LogP contribution >= 0.6 is 12.4 Å². The predicted molar refractivity (Wildman–Crippen MR) is 113 cm³/mol. The number of carboxylic acids is 1. The number of quaternary nitrogens is 1. The molecule has 0 amide bonds. The van der Waals surface area contributed by atoms with Gasteiger partial charge < -0.3 is 14.3 Å². The molecule has 0 aromatic carbocycles. The Balaban J connectivity index is 0. The van der Waals surface area contributed by atoms with Gasteiger partial charge in [-0.15, -0.1) is 12.4 Å². The molecule has 1 N–H and O–H groups in total. The van der Waals surface area contributed by atoms with E-state index in [4.69, 9.17) is 9.84 Å². The van der Waals surface area contributed by atoms with Crippen LogP contribution in [-0.4, -0.2) is 55.3 Å². The van der Waals surface area contributed by atoms with Crippen LogP contribution in [0.15, 0.2) is 0 Å². The summed E-state index contributed by atoms with van der Waals surface area (Å²) in [6.07, 6.45) is 13.4. The van der Waals surface area contributed by atoms with Gasteiger partial charge in [0.05, 0.1) is 27.6 Å². The van der Waals surface area contributed by atoms with Crippen LogP contribution in [0.5, 0.6) is 0 Å². The lowest BCUT2D eigenvalue weighted by molar-refractivity contribution is -0.873. The van der Waals surface area contributed by atoms with Crippen LogP contribution in [0.25, 0.3) is 0 Å². The lowest BCUT2D eigenvalue weighted by Crippen LogP contribution is -2.43. The maximum absolute atomic E-state index is 12.0. The van der Waals surface area contributed by atoms with Gasteiger partial charge in [0.15, 0.2) is 6.10 Å². The predicted octanol–water partition coefficient (Wildman–Crippen LogP) is 5.20. The Hall–Kier alpha value is -0.810. The molecule has 0 spiro atoms. The van der Waals surface area contributed by atoms with Gasteiger partial charge >= 0.3 is 11.9 Å². The van der Waals surface area contributed by atoms with Gasteiger partial charge in [0.1, 0.15) is 6.54 Å². The number of likely N-dealkylation sites (N-methyl/N-ethyl adjacent to an activating group) is 1. The highest BCUT2D eigenvalue weighted by molar-refractivity contribution is 5.85. The summed E-state index contributed by atoms with van der Waals surface area (Å²) in [5.41, 5.74) is 0. The summed E-state index contributed by atoms with van der Waals surface area (Å²) in [6, 6.07) is 0. The minimum atomic E-state index is -0.925. The number of carboxylic acid groups (broad SMARTS) is 1. The first-order valence-electron chi connectivity index (χ1n) is 10.5. The largest absolute Gasteiger partial charge is 0.481 e. The van der Waals surface area contributed by atoms with Crippen molar-refractivity contribution in [1.82, 2.24) is 0 Å². The normalized spacial score (nSPS) is 12.3. The van der Waals surface area contributed by atoms with Crippen molar-refractivity contribution in [3.63, 3.8) is 0 Å². The highest BCUT2D eigenvalue weighted by Crippen LogP contribution is 2.13. The zero-order valence-electron chi connectivity index (χ0n) is 18.0. The highest BCUT2D eigenvalue weighted by atomic mass is 35.5. The maximum atomic E-state index is 12.0. The van der Waals surface area contributed by atoms with Crippen molar-refractivity contribution >= 4 is 24.3 Å². The molecule has 0 aliphatic carbocycles. The lowest BCUT2D eigenvalue weighted by atomic mass is 10.1. The van der Waals surface area contributed by atoms with Crippen molar-refractivity contribution in [2.45, 2.75) is 96.5 Å². The molecule has 0 saturated heterocycles. The number of carbonyl (C=O) groups excluding carboxylic acids is 1. The number of aliphatic carboxylic acids is 1. The Morgan fingerprint density at radius 1 is 0.852 bits per heavy atom. The van der Waals surface area contributed by atoms with Crippen LogP contribution in [0.4, 0.5) is 0 Å². The van der Waals surface area contributed by atoms with E-state index >= 15 is 0 Å². The maximum Gasteiger partial charge on any atom is 0.307 e. The van der Waals surface area contributed by atoms with Crippen LogP contribution in [0, 0.1) is 0 Å². The molecule has 0 bridgehead atoms. The quantitative estimate of drug-likeness (QED) is 0.204. The molecule has 1 atom stereocenters. The summed E-state index contributed by atoms with van der Waals surface area (Å²) in [6.45, 7) is 2.75. The van der Waals surface area contributed by atoms with Crippen LogP contribution in [-0.2, 0) is 14.3 Å². The first-order valence-corrected chi connectivity index (χ1v) is 10.5. The van der Waals surface area contributed by atoms with E-state index in [1.54, 1.807) is 0 Å². The van der Waals surface area contributed by atoms with Crippen molar-refractivity contribution in [3.8, 4) is 0 Å². The van der Waals surface area contributed by atoms with Crippen molar-refractivity contribution in [1.29, 1.82) is 0 Å². The first-order chi connectivity index (χ1) is 12.2. The second-order valence-corrected chi connectivity index (χ2v) is 8.47. The Bertz CT molecular complexity index is 383. The summed E-state index contributed by atoms with van der Waals surface area (Å²) >= 11 is 0. The molecular weight excluding hydrogens is 366 g/mol. The first kappa shape index (κ1) is 28.4. The van der Waals surface area contributed by atoms with E-state index in [1.807, 2.05) is 21.1 Å². The number of esters is 1. The second kappa shape index (κ2) is 17.3. The summed E-state index contributed by atoms with van der Waals surface area (Å²) in [5.74, 6) is -1.19. The zero-order chi connectivity index (χ0) is 19.8. The van der Waals surface area contributed by atoms with Crippen LogP contribution in [0.2, 0.25) is 0 Å². The van der Waals surface area contributed by atoms with E-state index < -0.39 is 12.1 Å². The van der Waals surface area contributed by atoms with Gasteiger partial charge in [0.25, 0.3) is 0 Å². The van der Waals surface area contributed by atoms with Gasteiger partial charge in [-0.2, -0.15) is 0 Å². The number of halogens is 1. The number of hydrogen-bond donors (Lipinski definition) is 1. The van der Waals surface area contributed by atoms with Crippen LogP contribution < -0.4 is 0 Å². The van der Waals surface area contributed by atoms with Gasteiger partial charge in [-0.3, -0.25) is 9.59 Å². The molecule has 0 aromatic rings. The summed E-state index contributed by atoms with van der Waals surface area (Å²) in [5, 5.41) is 8.97. The fourth-order valence-electron chi connectivity index (χ4n) is 3.13. The monoisotopic (exact) mass is 408 g/mol. The Kier molecular flexibility index (Phi) is 18.2. The molecule has 0 heterocycles. The van der Waals surface area contributed by atoms with Crippen LogP contribution in [0.1, 0.15) is 90.4 Å². The summed E-state index contributed by atoms with van der Waals surface area (Å²) in [7, 11) is 5.89. The number of nitrogens with zero attached hydrogens (tertiary/aromatic N) is 1. The van der Waals surface area contributed by atoms with Crippen LogP contribution in [0.3, 0.4) is 0 Å². The molecule has 0 aliphatic heterocycles. The summed E-state index contributed by atoms with van der Waals surface area (Å²) < 4.78 is 5.97. The van der Waals surface area contributed by atoms with E-state index in [9.17, 15) is 9.59 Å². The molecule has 0 unspecified atom stereocenters. The smallest absolute Gasteiger partial charge is 0.307 e. The van der Waals surface area contributed by atoms with E-state index in [0.717, 1.165) is 12.8 Å². The molecule has 0 fully saturated rings. The molecule has 162 valence electrons. The number of unbranched alkanes of at least 4 members (excludes halogenated alkanes) is 10. The number of carbonyl (C=O) groups is 2. The van der Waals surface area contributed by atoms with Crippen molar-refractivity contribution in [2.24, 2.45) is 0 Å². The van der Waals surface area contributed by atoms with Crippen molar-refractivity contribution < 1.29 is 23.9 Å². The van der Waals surface area contributed by atoms with Gasteiger partial charge in [-0.25, -0.2) is 0 Å². The molecule has 0 rings (SSSR count). The molecule has 0 radical (unpaired) electrons. The van der Waals surface area contributed by atoms with Gasteiger partial charge in [-0.1, -0.05) is 71.1 Å². The standard InChI is InChI=1S/C21H41NO4.ClH/c1-5-6-7-8-9-10-11-12-13-14-15-16-21(25)26-19(17-20(23)24)18-22(2,3)4;/h19H,5-18H2,1-4H3;1H/p+1/t19-;/m1./s1. The van der Waals surface area contributed by atoms with Gasteiger partial charge in [-0.05, 0) is 6.42 Å². The van der Waals surface area contributed by atoms with Crippen molar-refractivity contribution in [3.05, 3.63) is 0 Å². The lowest BCUT2D eigenvalue weighted by Gasteiger charge is -2.28. The summed E-state index contributed by atoms with van der Waals surface area (Å²) in [4.78, 5) is 22.9. The molecule has 0 saturated carbocycles. The van der Waals surface area contributed by atoms with Gasteiger partial charge in [0, 0.05) is 6.42 Å². The third-order valence-electron chi connectivity index (χ3n) is 4.44. The minimum Gasteiger partial charge on any atom is -0.481 e. The van der Waals surface area contributed by atoms with E-state index in [1.165, 1.54) is 57.8 Å². The van der Waals surface area contributed by atoms with Gasteiger partial charge in [0.2, 0.25) is 0 Å². The second-order valence-electron chi connectivity index (χ2n) is 8.47. The Morgan fingerprint density at radius 2 is 1.30 bits per heavy atom. The van der Waals surface area contributed by atoms with Crippen molar-refractivity contribution in [2.75, 3.05) is 27.7 Å². The average molecular weight is 409 g/mol. The van der Waals surface area contributed by atoms with E-state index in [-0.39, 0.29) is 24.8 Å². The SMILES string of the molecule is CCCCCCCCCCCCCC(=O)O[C@H](CC(=O)O)C[N+](C)(C)C.Cl. The van der Waals surface area contributed by atoms with E-state index in [0.29, 0.717) is 17.4 Å². The third kappa shape index (κ3) is 21.3. The minimum absolute atomic E-state index is 0. The number of rotatable bonds is 17. The number of ether oxygens (including phenoxy) is 1. The third-order valence-corrected chi connectivity index (χ3v) is 4.44. The molecule has 6 heteroatoms.